The molecule has 1 amide bonds. The Bertz CT molecular complexity index is 1250. The molecule has 0 saturated carbocycles. The number of esters is 1. The Morgan fingerprint density at radius 3 is 2.31 bits per heavy atom. The van der Waals surface area contributed by atoms with Gasteiger partial charge in [-0.15, -0.1) is 11.3 Å². The number of anilines is 1. The molecule has 1 aliphatic heterocycles. The number of carbonyl (C=O) groups excluding carboxylic acids is 2. The number of thiophene rings is 1. The van der Waals surface area contributed by atoms with E-state index in [0.29, 0.717) is 28.0 Å². The van der Waals surface area contributed by atoms with Crippen LogP contribution in [0, 0.1) is 11.3 Å². The molecule has 2 heterocycles. The predicted molar refractivity (Wildman–Crippen MR) is 139 cm³/mol. The van der Waals surface area contributed by atoms with Crippen LogP contribution in [0.2, 0.25) is 0 Å². The zero-order valence-corrected chi connectivity index (χ0v) is 21.5. The lowest BCUT2D eigenvalue weighted by molar-refractivity contribution is -0.116. The molecule has 0 bridgehead atoms. The van der Waals surface area contributed by atoms with Crippen LogP contribution in [0.4, 0.5) is 5.00 Å². The summed E-state index contributed by atoms with van der Waals surface area (Å²) >= 11 is 1.53. The summed E-state index contributed by atoms with van der Waals surface area (Å²) in [5.74, 6) is 0.792. The second-order valence-electron chi connectivity index (χ2n) is 10.1. The van der Waals surface area contributed by atoms with Gasteiger partial charge in [-0.3, -0.25) is 4.79 Å². The van der Waals surface area contributed by atoms with Gasteiger partial charge in [0.1, 0.15) is 16.5 Å². The lowest BCUT2D eigenvalue weighted by Crippen LogP contribution is -2.28. The average molecular weight is 490 g/mol. The highest BCUT2D eigenvalue weighted by molar-refractivity contribution is 7.17. The van der Waals surface area contributed by atoms with Gasteiger partial charge in [-0.25, -0.2) is 4.79 Å². The van der Waals surface area contributed by atoms with Gasteiger partial charge < -0.3 is 14.8 Å². The molecule has 35 heavy (non-hydrogen) atoms. The second kappa shape index (κ2) is 9.15. The minimum atomic E-state index is -0.535. The van der Waals surface area contributed by atoms with Crippen LogP contribution in [-0.2, 0) is 22.4 Å². The summed E-state index contributed by atoms with van der Waals surface area (Å²) in [5, 5.41) is 3.71. The third-order valence-corrected chi connectivity index (χ3v) is 9.02. The van der Waals surface area contributed by atoms with E-state index < -0.39 is 11.9 Å². The molecule has 5 nitrogen and oxygen atoms in total. The lowest BCUT2D eigenvalue weighted by Gasteiger charge is -2.36. The van der Waals surface area contributed by atoms with Crippen molar-refractivity contribution >= 4 is 28.2 Å². The molecule has 6 heteroatoms. The van der Waals surface area contributed by atoms with Crippen LogP contribution >= 0.6 is 11.3 Å². The lowest BCUT2D eigenvalue weighted by atomic mass is 9.69. The number of hydrogen-bond acceptors (Lipinski definition) is 5. The van der Waals surface area contributed by atoms with Gasteiger partial charge in [0.05, 0.1) is 18.6 Å². The molecule has 0 fully saturated rings. The summed E-state index contributed by atoms with van der Waals surface area (Å²) in [7, 11) is 1.40. The normalized spacial score (nSPS) is 17.0. The molecule has 5 rings (SSSR count). The van der Waals surface area contributed by atoms with Gasteiger partial charge in [-0.2, -0.15) is 0 Å². The average Bonchev–Trinajstić information content (AvgIpc) is 3.23. The van der Waals surface area contributed by atoms with E-state index in [1.54, 1.807) is 0 Å². The third kappa shape index (κ3) is 4.14. The first-order valence-corrected chi connectivity index (χ1v) is 13.0. The topological polar surface area (TPSA) is 64.6 Å². The Kier molecular flexibility index (Phi) is 6.18. The van der Waals surface area contributed by atoms with Crippen LogP contribution in [0.3, 0.4) is 0 Å². The van der Waals surface area contributed by atoms with Crippen molar-refractivity contribution in [1.29, 1.82) is 0 Å². The van der Waals surface area contributed by atoms with Gasteiger partial charge in [0, 0.05) is 16.0 Å². The number of methoxy groups -OCH3 is 1. The molecule has 0 radical (unpaired) electrons. The van der Waals surface area contributed by atoms with Crippen molar-refractivity contribution in [2.24, 2.45) is 11.3 Å². The van der Waals surface area contributed by atoms with E-state index in [9.17, 15) is 9.59 Å². The molecule has 0 unspecified atom stereocenters. The quantitative estimate of drug-likeness (QED) is 0.394. The molecular formula is C29H31NO4S. The molecule has 0 saturated heterocycles. The molecule has 1 N–H and O–H groups in total. The first kappa shape index (κ1) is 23.6. The molecular weight excluding hydrogens is 458 g/mol. The molecule has 2 aromatic carbocycles. The summed E-state index contributed by atoms with van der Waals surface area (Å²) in [6.07, 6.45) is 3.88. The third-order valence-electron chi connectivity index (χ3n) is 7.85. The van der Waals surface area contributed by atoms with Crippen LogP contribution in [0.5, 0.6) is 11.5 Å². The van der Waals surface area contributed by atoms with Crippen molar-refractivity contribution < 1.29 is 19.1 Å². The number of hydrogen-bond donors (Lipinski definition) is 1. The van der Waals surface area contributed by atoms with E-state index in [1.165, 1.54) is 23.3 Å². The fraction of sp³-hybridized carbons (Fsp3) is 0.379. The van der Waals surface area contributed by atoms with E-state index in [2.05, 4.69) is 26.1 Å². The highest BCUT2D eigenvalue weighted by atomic mass is 32.1. The SMILES string of the molecule is CCC(C)(C)[C@@H]1CCc2c(sc(NC(=O)C3c4ccccc4Oc4ccccc43)c2C(=O)OC)C1. The number of carbonyl (C=O) groups is 2. The Morgan fingerprint density at radius 1 is 1.09 bits per heavy atom. The van der Waals surface area contributed by atoms with E-state index in [0.717, 1.165) is 42.4 Å². The van der Waals surface area contributed by atoms with Crippen molar-refractivity contribution in [1.82, 2.24) is 0 Å². The van der Waals surface area contributed by atoms with Gasteiger partial charge in [0.2, 0.25) is 5.91 Å². The summed E-state index contributed by atoms with van der Waals surface area (Å²) < 4.78 is 11.2. The zero-order valence-electron chi connectivity index (χ0n) is 20.6. The Morgan fingerprint density at radius 2 is 1.71 bits per heavy atom. The van der Waals surface area contributed by atoms with Crippen molar-refractivity contribution in [3.8, 4) is 11.5 Å². The van der Waals surface area contributed by atoms with E-state index in [4.69, 9.17) is 9.47 Å². The zero-order chi connectivity index (χ0) is 24.7. The number of rotatable bonds is 5. The minimum absolute atomic E-state index is 0.178. The van der Waals surface area contributed by atoms with E-state index in [1.807, 2.05) is 48.5 Å². The van der Waals surface area contributed by atoms with Crippen LogP contribution in [0.15, 0.2) is 48.5 Å². The molecule has 1 aliphatic carbocycles. The molecule has 3 aromatic rings. The first-order valence-electron chi connectivity index (χ1n) is 12.2. The van der Waals surface area contributed by atoms with Crippen molar-refractivity contribution in [3.05, 3.63) is 75.7 Å². The maximum atomic E-state index is 13.8. The van der Waals surface area contributed by atoms with Gasteiger partial charge in [0.25, 0.3) is 0 Å². The molecule has 0 spiro atoms. The maximum Gasteiger partial charge on any atom is 0.341 e. The summed E-state index contributed by atoms with van der Waals surface area (Å²) in [5.41, 5.74) is 3.41. The van der Waals surface area contributed by atoms with Crippen LogP contribution in [0.1, 0.15) is 71.5 Å². The Labute approximate surface area is 210 Å². The summed E-state index contributed by atoms with van der Waals surface area (Å²) in [6.45, 7) is 6.87. The summed E-state index contributed by atoms with van der Waals surface area (Å²) in [4.78, 5) is 27.9. The highest BCUT2D eigenvalue weighted by Gasteiger charge is 2.37. The van der Waals surface area contributed by atoms with E-state index in [-0.39, 0.29) is 11.3 Å². The Hall–Kier alpha value is -3.12. The standard InChI is InChI=1S/C29H31NO4S/c1-5-29(2,3)17-14-15-20-23(16-17)35-27(25(20)28(32)33-4)30-26(31)24-18-10-6-8-12-21(18)34-22-13-9-7-11-19(22)24/h6-13,17,24H,5,14-16H2,1-4H3,(H,30,31)/t17-/m1/s1. The van der Waals surface area contributed by atoms with Gasteiger partial charge >= 0.3 is 5.97 Å². The summed E-state index contributed by atoms with van der Waals surface area (Å²) in [6, 6.07) is 15.2. The van der Waals surface area contributed by atoms with Crippen LogP contribution in [-0.4, -0.2) is 19.0 Å². The van der Waals surface area contributed by atoms with Crippen LogP contribution in [0.25, 0.3) is 0 Å². The van der Waals surface area contributed by atoms with Crippen molar-refractivity contribution in [2.45, 2.75) is 52.4 Å². The number of para-hydroxylation sites is 2. The minimum Gasteiger partial charge on any atom is -0.465 e. The highest BCUT2D eigenvalue weighted by Crippen LogP contribution is 2.47. The number of fused-ring (bicyclic) bond motifs is 3. The van der Waals surface area contributed by atoms with Gasteiger partial charge in [-0.05, 0) is 48.3 Å². The predicted octanol–water partition coefficient (Wildman–Crippen LogP) is 6.95. The molecule has 1 atom stereocenters. The number of amides is 1. The van der Waals surface area contributed by atoms with Gasteiger partial charge in [-0.1, -0.05) is 63.6 Å². The first-order chi connectivity index (χ1) is 16.8. The van der Waals surface area contributed by atoms with Crippen molar-refractivity contribution in [2.75, 3.05) is 12.4 Å². The number of ether oxygens (including phenoxy) is 2. The second-order valence-corrected chi connectivity index (χ2v) is 11.2. The number of nitrogens with one attached hydrogen (secondary N) is 1. The van der Waals surface area contributed by atoms with Gasteiger partial charge in [0.15, 0.2) is 0 Å². The van der Waals surface area contributed by atoms with E-state index >= 15 is 0 Å². The maximum absolute atomic E-state index is 13.8. The number of benzene rings is 2. The molecule has 1 aromatic heterocycles. The largest absolute Gasteiger partial charge is 0.465 e. The molecule has 2 aliphatic rings. The smallest absolute Gasteiger partial charge is 0.341 e. The fourth-order valence-electron chi connectivity index (χ4n) is 5.32. The fourth-order valence-corrected chi connectivity index (χ4v) is 6.64. The van der Waals surface area contributed by atoms with Crippen molar-refractivity contribution in [3.63, 3.8) is 0 Å². The Balaban J connectivity index is 1.52. The molecule has 182 valence electrons. The van der Waals surface area contributed by atoms with Crippen LogP contribution < -0.4 is 10.1 Å². The monoisotopic (exact) mass is 489 g/mol.